The van der Waals surface area contributed by atoms with Crippen molar-refractivity contribution in [1.82, 2.24) is 10.2 Å². The molecule has 0 atom stereocenters. The predicted octanol–water partition coefficient (Wildman–Crippen LogP) is 2.12. The molecule has 3 heteroatoms. The highest BCUT2D eigenvalue weighted by atomic mass is 16.5. The van der Waals surface area contributed by atoms with Gasteiger partial charge in [-0.2, -0.15) is 0 Å². The summed E-state index contributed by atoms with van der Waals surface area (Å²) in [5, 5.41) is 3.43. The van der Waals surface area contributed by atoms with Crippen LogP contribution in [0.3, 0.4) is 0 Å². The Balaban J connectivity index is 3.06. The molecule has 0 radical (unpaired) electrons. The number of ether oxygens (including phenoxy) is 1. The Morgan fingerprint density at radius 3 is 2.44 bits per heavy atom. The summed E-state index contributed by atoms with van der Waals surface area (Å²) in [5.74, 6) is 0. The Labute approximate surface area is 102 Å². The van der Waals surface area contributed by atoms with Gasteiger partial charge < -0.3 is 15.0 Å². The third-order valence-electron chi connectivity index (χ3n) is 2.71. The third-order valence-corrected chi connectivity index (χ3v) is 2.71. The van der Waals surface area contributed by atoms with Crippen molar-refractivity contribution in [3.63, 3.8) is 0 Å². The Kier molecular flexibility index (Phi) is 12.9. The van der Waals surface area contributed by atoms with E-state index in [0.717, 1.165) is 26.1 Å². The van der Waals surface area contributed by atoms with E-state index in [2.05, 4.69) is 24.2 Å². The van der Waals surface area contributed by atoms with Gasteiger partial charge in [-0.15, -0.1) is 0 Å². The molecule has 0 aliphatic heterocycles. The molecule has 0 rings (SSSR count). The van der Waals surface area contributed by atoms with Gasteiger partial charge in [-0.1, -0.05) is 13.3 Å². The van der Waals surface area contributed by atoms with Crippen molar-refractivity contribution in [2.75, 3.05) is 46.9 Å². The summed E-state index contributed by atoms with van der Waals surface area (Å²) in [7, 11) is 3.97. The molecule has 0 saturated heterocycles. The zero-order chi connectivity index (χ0) is 12.1. The van der Waals surface area contributed by atoms with E-state index in [0.29, 0.717) is 0 Å². The highest BCUT2D eigenvalue weighted by Gasteiger charge is 1.97. The number of nitrogens with one attached hydrogen (secondary N) is 1. The van der Waals surface area contributed by atoms with Gasteiger partial charge in [0.1, 0.15) is 0 Å². The maximum Gasteiger partial charge on any atom is 0.0474 e. The van der Waals surface area contributed by atoms with Gasteiger partial charge in [-0.05, 0) is 52.4 Å². The fourth-order valence-corrected chi connectivity index (χ4v) is 1.70. The molecule has 0 heterocycles. The number of hydrogen-bond donors (Lipinski definition) is 1. The second-order valence-corrected chi connectivity index (χ2v) is 4.46. The minimum atomic E-state index is 0.880. The van der Waals surface area contributed by atoms with Crippen LogP contribution in [0.4, 0.5) is 0 Å². The van der Waals surface area contributed by atoms with Crippen LogP contribution in [0.25, 0.3) is 0 Å². The molecular weight excluding hydrogens is 200 g/mol. The molecule has 0 aliphatic rings. The topological polar surface area (TPSA) is 24.5 Å². The lowest BCUT2D eigenvalue weighted by atomic mass is 10.2. The first kappa shape index (κ1) is 15.9. The van der Waals surface area contributed by atoms with Crippen molar-refractivity contribution in [1.29, 1.82) is 0 Å². The fraction of sp³-hybridized carbons (Fsp3) is 1.00. The van der Waals surface area contributed by atoms with E-state index in [1.54, 1.807) is 7.11 Å². The molecule has 0 spiro atoms. The normalized spacial score (nSPS) is 11.2. The summed E-state index contributed by atoms with van der Waals surface area (Å²) < 4.78 is 5.04. The fourth-order valence-electron chi connectivity index (χ4n) is 1.70. The lowest BCUT2D eigenvalue weighted by Gasteiger charge is -2.15. The summed E-state index contributed by atoms with van der Waals surface area (Å²) in [4.78, 5) is 2.40. The molecule has 0 amide bonds. The molecule has 98 valence electrons. The lowest BCUT2D eigenvalue weighted by Crippen LogP contribution is -2.22. The van der Waals surface area contributed by atoms with E-state index in [1.807, 2.05) is 0 Å². The molecule has 0 aliphatic carbocycles. The zero-order valence-electron chi connectivity index (χ0n) is 11.4. The third kappa shape index (κ3) is 12.0. The summed E-state index contributed by atoms with van der Waals surface area (Å²) in [6, 6.07) is 0. The highest BCUT2D eigenvalue weighted by molar-refractivity contribution is 4.53. The van der Waals surface area contributed by atoms with Crippen LogP contribution in [0.2, 0.25) is 0 Å². The smallest absolute Gasteiger partial charge is 0.0474 e. The number of rotatable bonds is 12. The average molecular weight is 230 g/mol. The number of methoxy groups -OCH3 is 1. The first-order chi connectivity index (χ1) is 7.81. The molecule has 0 saturated carbocycles. The number of hydrogen-bond acceptors (Lipinski definition) is 3. The first-order valence-electron chi connectivity index (χ1n) is 6.69. The molecule has 1 N–H and O–H groups in total. The largest absolute Gasteiger partial charge is 0.385 e. The molecular formula is C13H30N2O. The van der Waals surface area contributed by atoms with Gasteiger partial charge in [0.05, 0.1) is 0 Å². The van der Waals surface area contributed by atoms with E-state index in [9.17, 15) is 0 Å². The van der Waals surface area contributed by atoms with Gasteiger partial charge in [0.15, 0.2) is 0 Å². The lowest BCUT2D eigenvalue weighted by molar-refractivity contribution is 0.179. The molecule has 0 bridgehead atoms. The van der Waals surface area contributed by atoms with Gasteiger partial charge >= 0.3 is 0 Å². The highest BCUT2D eigenvalue weighted by Crippen LogP contribution is 1.97. The van der Waals surface area contributed by atoms with E-state index >= 15 is 0 Å². The van der Waals surface area contributed by atoms with Crippen molar-refractivity contribution in [2.24, 2.45) is 0 Å². The zero-order valence-corrected chi connectivity index (χ0v) is 11.4. The molecule has 0 fully saturated rings. The molecule has 0 aromatic heterocycles. The van der Waals surface area contributed by atoms with Crippen LogP contribution in [0, 0.1) is 0 Å². The summed E-state index contributed by atoms with van der Waals surface area (Å²) in [5.41, 5.74) is 0. The molecule has 0 aromatic rings. The van der Waals surface area contributed by atoms with Crippen LogP contribution in [-0.4, -0.2) is 51.8 Å². The van der Waals surface area contributed by atoms with Gasteiger partial charge in [0.2, 0.25) is 0 Å². The van der Waals surface area contributed by atoms with Gasteiger partial charge in [0.25, 0.3) is 0 Å². The Morgan fingerprint density at radius 1 is 1.00 bits per heavy atom. The van der Waals surface area contributed by atoms with Crippen molar-refractivity contribution in [3.8, 4) is 0 Å². The Morgan fingerprint density at radius 2 is 1.75 bits per heavy atom. The van der Waals surface area contributed by atoms with E-state index in [1.165, 1.54) is 38.8 Å². The van der Waals surface area contributed by atoms with Crippen molar-refractivity contribution in [3.05, 3.63) is 0 Å². The van der Waals surface area contributed by atoms with Crippen LogP contribution in [-0.2, 0) is 4.74 Å². The maximum absolute atomic E-state index is 5.04. The van der Waals surface area contributed by atoms with E-state index < -0.39 is 0 Å². The second kappa shape index (κ2) is 12.9. The molecule has 3 nitrogen and oxygen atoms in total. The minimum absolute atomic E-state index is 0.880. The Hall–Kier alpha value is -0.120. The van der Waals surface area contributed by atoms with Crippen LogP contribution < -0.4 is 5.32 Å². The number of unbranched alkanes of at least 4 members (excludes halogenated alkanes) is 2. The van der Waals surface area contributed by atoms with Crippen molar-refractivity contribution < 1.29 is 4.74 Å². The van der Waals surface area contributed by atoms with Crippen molar-refractivity contribution in [2.45, 2.75) is 39.0 Å². The Bertz CT molecular complexity index is 131. The first-order valence-corrected chi connectivity index (χ1v) is 6.69. The van der Waals surface area contributed by atoms with Crippen LogP contribution in [0.1, 0.15) is 39.0 Å². The van der Waals surface area contributed by atoms with Gasteiger partial charge in [0, 0.05) is 20.3 Å². The van der Waals surface area contributed by atoms with Crippen molar-refractivity contribution >= 4 is 0 Å². The van der Waals surface area contributed by atoms with Crippen LogP contribution in [0.5, 0.6) is 0 Å². The van der Waals surface area contributed by atoms with Gasteiger partial charge in [-0.3, -0.25) is 0 Å². The quantitative estimate of drug-likeness (QED) is 0.520. The predicted molar refractivity (Wildman–Crippen MR) is 71.0 cm³/mol. The number of nitrogens with zero attached hydrogens (tertiary/aromatic N) is 1. The SMILES string of the molecule is CCCNCCCCCN(C)CCCOC. The van der Waals surface area contributed by atoms with E-state index in [4.69, 9.17) is 4.74 Å². The molecule has 16 heavy (non-hydrogen) atoms. The maximum atomic E-state index is 5.04. The van der Waals surface area contributed by atoms with Crippen LogP contribution >= 0.6 is 0 Å². The standard InChI is InChI=1S/C13H30N2O/c1-4-9-14-10-6-5-7-11-15(2)12-8-13-16-3/h14H,4-13H2,1-3H3. The molecule has 0 aromatic carbocycles. The monoisotopic (exact) mass is 230 g/mol. The minimum Gasteiger partial charge on any atom is -0.385 e. The van der Waals surface area contributed by atoms with Gasteiger partial charge in [-0.25, -0.2) is 0 Å². The van der Waals surface area contributed by atoms with E-state index in [-0.39, 0.29) is 0 Å². The average Bonchev–Trinajstić information content (AvgIpc) is 2.28. The second-order valence-electron chi connectivity index (χ2n) is 4.46. The van der Waals surface area contributed by atoms with Crippen LogP contribution in [0.15, 0.2) is 0 Å². The molecule has 0 unspecified atom stereocenters. The summed E-state index contributed by atoms with van der Waals surface area (Å²) in [6.45, 7) is 7.81. The summed E-state index contributed by atoms with van der Waals surface area (Å²) >= 11 is 0. The summed E-state index contributed by atoms with van der Waals surface area (Å²) in [6.07, 6.45) is 6.35.